The molecule has 4 fully saturated rings. The lowest BCUT2D eigenvalue weighted by Gasteiger charge is -2.58. The van der Waals surface area contributed by atoms with E-state index in [1.165, 1.54) is 0 Å². The highest BCUT2D eigenvalue weighted by molar-refractivity contribution is 8.14. The van der Waals surface area contributed by atoms with Crippen LogP contribution in [0.3, 0.4) is 0 Å². The maximum absolute atomic E-state index is 14.1. The third-order valence-electron chi connectivity index (χ3n) is 10.2. The summed E-state index contributed by atoms with van der Waals surface area (Å²) >= 11 is 0.989. The van der Waals surface area contributed by atoms with Gasteiger partial charge in [-0.2, -0.15) is 0 Å². The second-order valence-electron chi connectivity index (χ2n) is 11.8. The molecule has 0 radical (unpaired) electrons. The molecule has 1 N–H and O–H groups in total. The molecule has 3 saturated carbocycles. The van der Waals surface area contributed by atoms with Crippen molar-refractivity contribution in [3.05, 3.63) is 23.5 Å². The normalized spacial score (nSPS) is 43.5. The fraction of sp³-hybridized carbons (Fsp3) is 0.714. The van der Waals surface area contributed by atoms with Gasteiger partial charge in [0.15, 0.2) is 11.4 Å². The fourth-order valence-electron chi connectivity index (χ4n) is 8.35. The summed E-state index contributed by atoms with van der Waals surface area (Å²) in [5.74, 6) is -0.841. The van der Waals surface area contributed by atoms with E-state index in [0.717, 1.165) is 43.0 Å². The van der Waals surface area contributed by atoms with Gasteiger partial charge >= 0.3 is 11.9 Å². The maximum atomic E-state index is 14.1. The Morgan fingerprint density at radius 2 is 1.94 bits per heavy atom. The monoisotopic (exact) mass is 516 g/mol. The molecular formula is C28H36O7S. The van der Waals surface area contributed by atoms with E-state index in [2.05, 4.69) is 13.8 Å². The van der Waals surface area contributed by atoms with Gasteiger partial charge in [0, 0.05) is 29.6 Å². The minimum atomic E-state index is -1.30. The first kappa shape index (κ1) is 25.6. The number of aliphatic hydroxyl groups excluding tert-OH is 1. The standard InChI is InChI=1S/C28H36O7S/c1-5-23(31)35-28(25(33)36-22-9-11-34-24(22)32)15(2)12-19-17-7-6-16-13-20(29)21(30)14-26(16,3)18(17)8-10-27(19,28)4/h13-15,17-19,22,30H,5-12H2,1-4H3/t15-,17-,18+,19+,22?,26+,27+,28+/m1/s1. The van der Waals surface area contributed by atoms with Gasteiger partial charge in [-0.05, 0) is 62.0 Å². The molecule has 7 nitrogen and oxygen atoms in total. The van der Waals surface area contributed by atoms with Gasteiger partial charge in [-0.3, -0.25) is 19.2 Å². The van der Waals surface area contributed by atoms with Crippen LogP contribution in [0.4, 0.5) is 0 Å². The average Bonchev–Trinajstić information content (AvgIpc) is 3.33. The van der Waals surface area contributed by atoms with Gasteiger partial charge in [-0.1, -0.05) is 45.0 Å². The first-order valence-corrected chi connectivity index (χ1v) is 14.1. The van der Waals surface area contributed by atoms with Crippen molar-refractivity contribution in [2.75, 3.05) is 6.61 Å². The number of carbonyl (C=O) groups is 4. The molecule has 1 unspecified atom stereocenters. The number of allylic oxidation sites excluding steroid dienone is 3. The molecule has 5 aliphatic rings. The van der Waals surface area contributed by atoms with Crippen LogP contribution in [-0.4, -0.2) is 45.4 Å². The van der Waals surface area contributed by atoms with Crippen molar-refractivity contribution in [1.82, 2.24) is 0 Å². The molecule has 0 bridgehead atoms. The summed E-state index contributed by atoms with van der Waals surface area (Å²) in [6.45, 7) is 8.28. The predicted octanol–water partition coefficient (Wildman–Crippen LogP) is 4.69. The summed E-state index contributed by atoms with van der Waals surface area (Å²) in [6, 6.07) is 0. The van der Waals surface area contributed by atoms with Crippen LogP contribution in [0.25, 0.3) is 0 Å². The highest BCUT2D eigenvalue weighted by Gasteiger charge is 2.71. The molecule has 1 heterocycles. The summed E-state index contributed by atoms with van der Waals surface area (Å²) in [7, 11) is 0. The Kier molecular flexibility index (Phi) is 6.21. The van der Waals surface area contributed by atoms with Crippen molar-refractivity contribution < 1.29 is 33.8 Å². The molecule has 0 spiro atoms. The van der Waals surface area contributed by atoms with Crippen LogP contribution < -0.4 is 0 Å². The Morgan fingerprint density at radius 3 is 2.61 bits per heavy atom. The van der Waals surface area contributed by atoms with Crippen LogP contribution in [0, 0.1) is 34.5 Å². The highest BCUT2D eigenvalue weighted by Crippen LogP contribution is 2.70. The SMILES string of the molecule is CCC(=O)O[C@]1(C(=O)SC2CCOC2=O)[C@H](C)C[C@H]2[C@@H]3CCC4=CC(=O)C(O)=C[C@]4(C)[C@H]3CC[C@@]21C. The van der Waals surface area contributed by atoms with Crippen LogP contribution in [0.15, 0.2) is 23.5 Å². The Hall–Kier alpha value is -2.09. The van der Waals surface area contributed by atoms with Crippen molar-refractivity contribution in [2.45, 2.75) is 83.5 Å². The molecule has 196 valence electrons. The van der Waals surface area contributed by atoms with Gasteiger partial charge in [0.05, 0.1) is 6.61 Å². The number of ether oxygens (including phenoxy) is 2. The van der Waals surface area contributed by atoms with Crippen LogP contribution in [0.1, 0.15) is 72.6 Å². The van der Waals surface area contributed by atoms with E-state index < -0.39 is 27.7 Å². The average molecular weight is 517 g/mol. The molecule has 0 aromatic heterocycles. The lowest BCUT2D eigenvalue weighted by atomic mass is 9.47. The smallest absolute Gasteiger partial charge is 0.319 e. The molecule has 0 amide bonds. The first-order valence-electron chi connectivity index (χ1n) is 13.2. The minimum Gasteiger partial charge on any atom is -0.504 e. The van der Waals surface area contributed by atoms with Crippen molar-refractivity contribution in [2.24, 2.45) is 34.5 Å². The summed E-state index contributed by atoms with van der Waals surface area (Å²) in [4.78, 5) is 51.3. The van der Waals surface area contributed by atoms with Crippen molar-refractivity contribution in [3.63, 3.8) is 0 Å². The largest absolute Gasteiger partial charge is 0.504 e. The lowest BCUT2D eigenvalue weighted by Crippen LogP contribution is -2.60. The van der Waals surface area contributed by atoms with E-state index in [4.69, 9.17) is 9.47 Å². The number of ketones is 1. The number of carbonyl (C=O) groups excluding carboxylic acids is 4. The predicted molar refractivity (Wildman–Crippen MR) is 134 cm³/mol. The van der Waals surface area contributed by atoms with E-state index in [-0.39, 0.29) is 52.7 Å². The van der Waals surface area contributed by atoms with Gasteiger partial charge < -0.3 is 14.6 Å². The van der Waals surface area contributed by atoms with E-state index >= 15 is 0 Å². The molecular weight excluding hydrogens is 480 g/mol. The summed E-state index contributed by atoms with van der Waals surface area (Å²) in [6.07, 6.45) is 7.92. The molecule has 8 atom stereocenters. The van der Waals surface area contributed by atoms with Crippen molar-refractivity contribution in [1.29, 1.82) is 0 Å². The minimum absolute atomic E-state index is 0.141. The Bertz CT molecular complexity index is 1080. The van der Waals surface area contributed by atoms with Gasteiger partial charge in [-0.25, -0.2) is 0 Å². The quantitative estimate of drug-likeness (QED) is 0.536. The molecule has 4 aliphatic carbocycles. The number of hydrogen-bond acceptors (Lipinski definition) is 8. The van der Waals surface area contributed by atoms with Crippen molar-refractivity contribution in [3.8, 4) is 0 Å². The number of fused-ring (bicyclic) bond motifs is 5. The number of hydrogen-bond donors (Lipinski definition) is 1. The van der Waals surface area contributed by atoms with Crippen LogP contribution in [0.5, 0.6) is 0 Å². The maximum Gasteiger partial charge on any atom is 0.319 e. The Balaban J connectivity index is 1.52. The Morgan fingerprint density at radius 1 is 1.19 bits per heavy atom. The summed E-state index contributed by atoms with van der Waals surface area (Å²) in [5.41, 5.74) is -1.20. The van der Waals surface area contributed by atoms with Crippen molar-refractivity contribution >= 4 is 34.6 Å². The number of thioether (sulfide) groups is 1. The molecule has 36 heavy (non-hydrogen) atoms. The topological polar surface area (TPSA) is 107 Å². The highest BCUT2D eigenvalue weighted by atomic mass is 32.2. The third kappa shape index (κ3) is 3.46. The summed E-state index contributed by atoms with van der Waals surface area (Å²) < 4.78 is 11.3. The Labute approximate surface area is 216 Å². The molecule has 0 aromatic rings. The van der Waals surface area contributed by atoms with Crippen LogP contribution in [-0.2, 0) is 28.7 Å². The summed E-state index contributed by atoms with van der Waals surface area (Å²) in [5, 5.41) is 9.53. The van der Waals surface area contributed by atoms with E-state index in [0.29, 0.717) is 19.4 Å². The number of esters is 2. The molecule has 1 aliphatic heterocycles. The van der Waals surface area contributed by atoms with E-state index in [9.17, 15) is 24.3 Å². The number of rotatable bonds is 4. The fourth-order valence-corrected chi connectivity index (χ4v) is 9.64. The van der Waals surface area contributed by atoms with Gasteiger partial charge in [0.25, 0.3) is 0 Å². The first-order chi connectivity index (χ1) is 17.0. The third-order valence-corrected chi connectivity index (χ3v) is 11.4. The second-order valence-corrected chi connectivity index (χ2v) is 12.9. The number of aliphatic hydroxyl groups is 1. The molecule has 1 saturated heterocycles. The zero-order valence-corrected chi connectivity index (χ0v) is 22.3. The lowest BCUT2D eigenvalue weighted by molar-refractivity contribution is -0.190. The van der Waals surface area contributed by atoms with Gasteiger partial charge in [-0.15, -0.1) is 0 Å². The number of cyclic esters (lactones) is 1. The second kappa shape index (κ2) is 8.74. The van der Waals surface area contributed by atoms with Crippen LogP contribution >= 0.6 is 11.8 Å². The van der Waals surface area contributed by atoms with E-state index in [1.807, 2.05) is 6.92 Å². The molecule has 8 heteroatoms. The molecule has 0 aromatic carbocycles. The zero-order chi connectivity index (χ0) is 26.0. The van der Waals surface area contributed by atoms with Crippen LogP contribution in [0.2, 0.25) is 0 Å². The van der Waals surface area contributed by atoms with Gasteiger partial charge in [0.2, 0.25) is 10.9 Å². The van der Waals surface area contributed by atoms with E-state index in [1.54, 1.807) is 19.1 Å². The van der Waals surface area contributed by atoms with Gasteiger partial charge in [0.1, 0.15) is 5.25 Å². The molecule has 5 rings (SSSR count). The zero-order valence-electron chi connectivity index (χ0n) is 21.5.